The number of carboxylic acids is 1. The van der Waals surface area contributed by atoms with E-state index in [2.05, 4.69) is 4.99 Å². The molecular formula is C26H24N2O7S. The molecule has 0 fully saturated rings. The van der Waals surface area contributed by atoms with Gasteiger partial charge in [-0.25, -0.2) is 14.6 Å². The quantitative estimate of drug-likeness (QED) is 0.464. The average molecular weight is 509 g/mol. The van der Waals surface area contributed by atoms with Gasteiger partial charge in [0.15, 0.2) is 11.4 Å². The summed E-state index contributed by atoms with van der Waals surface area (Å²) in [6.45, 7) is 3.19. The first-order chi connectivity index (χ1) is 17.3. The summed E-state index contributed by atoms with van der Waals surface area (Å²) < 4.78 is 17.9. The van der Waals surface area contributed by atoms with Gasteiger partial charge in [0.2, 0.25) is 0 Å². The van der Waals surface area contributed by atoms with Gasteiger partial charge < -0.3 is 19.3 Å². The number of benzene rings is 2. The van der Waals surface area contributed by atoms with Crippen LogP contribution in [-0.4, -0.2) is 41.9 Å². The first-order valence-electron chi connectivity index (χ1n) is 11.1. The van der Waals surface area contributed by atoms with Crippen LogP contribution in [0.25, 0.3) is 6.08 Å². The van der Waals surface area contributed by atoms with E-state index in [1.807, 2.05) is 18.2 Å². The highest BCUT2D eigenvalue weighted by atomic mass is 32.1. The molecule has 1 unspecified atom stereocenters. The van der Waals surface area contributed by atoms with Crippen molar-refractivity contribution in [2.75, 3.05) is 20.3 Å². The molecule has 9 nitrogen and oxygen atoms in total. The van der Waals surface area contributed by atoms with Gasteiger partial charge in [-0.1, -0.05) is 41.7 Å². The monoisotopic (exact) mass is 508 g/mol. The van der Waals surface area contributed by atoms with Crippen LogP contribution in [0.3, 0.4) is 0 Å². The number of aliphatic carboxylic acids is 1. The van der Waals surface area contributed by atoms with Gasteiger partial charge in [-0.3, -0.25) is 9.36 Å². The minimum atomic E-state index is -1.07. The summed E-state index contributed by atoms with van der Waals surface area (Å²) in [5, 5.41) is 8.76. The number of aromatic nitrogens is 1. The number of nitrogens with zero attached hydrogens (tertiary/aromatic N) is 2. The molecule has 1 atom stereocenters. The topological polar surface area (TPSA) is 116 Å². The maximum Gasteiger partial charge on any atom is 0.341 e. The molecule has 1 aromatic heterocycles. The van der Waals surface area contributed by atoms with Crippen LogP contribution < -0.4 is 24.4 Å². The van der Waals surface area contributed by atoms with Crippen molar-refractivity contribution in [1.29, 1.82) is 0 Å². The van der Waals surface area contributed by atoms with E-state index in [4.69, 9.17) is 19.3 Å². The SMILES string of the molecule is CCOC(=O)C1=C(C)N=c2sc(=Cc3ccc(OCC(=O)O)cc3)c(=O)n2C1c1ccccc1OC. The largest absolute Gasteiger partial charge is 0.496 e. The summed E-state index contributed by atoms with van der Waals surface area (Å²) in [4.78, 5) is 42.4. The number of fused-ring (bicyclic) bond motifs is 1. The van der Waals surface area contributed by atoms with E-state index in [1.54, 1.807) is 50.3 Å². The lowest BCUT2D eigenvalue weighted by Gasteiger charge is -2.25. The molecule has 1 N–H and O–H groups in total. The summed E-state index contributed by atoms with van der Waals surface area (Å²) >= 11 is 1.21. The number of ether oxygens (including phenoxy) is 3. The smallest absolute Gasteiger partial charge is 0.341 e. The molecule has 1 aliphatic rings. The van der Waals surface area contributed by atoms with Crippen molar-refractivity contribution in [3.8, 4) is 11.5 Å². The Kier molecular flexibility index (Phi) is 7.35. The Morgan fingerprint density at radius 2 is 1.89 bits per heavy atom. The minimum absolute atomic E-state index is 0.185. The molecule has 3 aromatic rings. The zero-order valence-electron chi connectivity index (χ0n) is 19.9. The Labute approximate surface area is 210 Å². The fourth-order valence-corrected chi connectivity index (χ4v) is 4.98. The lowest BCUT2D eigenvalue weighted by Crippen LogP contribution is -2.40. The molecule has 36 heavy (non-hydrogen) atoms. The van der Waals surface area contributed by atoms with Crippen LogP contribution >= 0.6 is 11.3 Å². The molecule has 2 aromatic carbocycles. The van der Waals surface area contributed by atoms with Crippen LogP contribution in [-0.2, 0) is 14.3 Å². The van der Waals surface area contributed by atoms with Gasteiger partial charge in [0.05, 0.1) is 29.5 Å². The Bertz CT molecular complexity index is 1520. The number of para-hydroxylation sites is 1. The maximum atomic E-state index is 13.7. The van der Waals surface area contributed by atoms with E-state index in [0.717, 1.165) is 5.56 Å². The predicted molar refractivity (Wildman–Crippen MR) is 133 cm³/mol. The average Bonchev–Trinajstić information content (AvgIpc) is 3.17. The number of hydrogen-bond acceptors (Lipinski definition) is 8. The fraction of sp³-hybridized carbons (Fsp3) is 0.231. The lowest BCUT2D eigenvalue weighted by atomic mass is 9.95. The first kappa shape index (κ1) is 24.9. The summed E-state index contributed by atoms with van der Waals surface area (Å²) in [5.74, 6) is -0.671. The molecule has 2 heterocycles. The van der Waals surface area contributed by atoms with Crippen LogP contribution in [0.4, 0.5) is 0 Å². The third-order valence-electron chi connectivity index (χ3n) is 5.49. The van der Waals surface area contributed by atoms with Crippen molar-refractivity contribution >= 4 is 29.4 Å². The summed E-state index contributed by atoms with van der Waals surface area (Å²) in [6.07, 6.45) is 1.72. The molecule has 0 amide bonds. The number of thiazole rings is 1. The number of carboxylic acid groups (broad SMARTS) is 1. The molecule has 4 rings (SSSR count). The minimum Gasteiger partial charge on any atom is -0.496 e. The molecule has 0 bridgehead atoms. The number of methoxy groups -OCH3 is 1. The van der Waals surface area contributed by atoms with Crippen molar-refractivity contribution in [2.45, 2.75) is 19.9 Å². The fourth-order valence-electron chi connectivity index (χ4n) is 3.93. The van der Waals surface area contributed by atoms with Crippen LogP contribution in [0.5, 0.6) is 11.5 Å². The second-order valence-electron chi connectivity index (χ2n) is 7.80. The highest BCUT2D eigenvalue weighted by Gasteiger charge is 2.34. The molecule has 10 heteroatoms. The van der Waals surface area contributed by atoms with E-state index < -0.39 is 24.6 Å². The molecule has 0 aliphatic carbocycles. The van der Waals surface area contributed by atoms with E-state index in [9.17, 15) is 14.4 Å². The van der Waals surface area contributed by atoms with E-state index >= 15 is 0 Å². The second-order valence-corrected chi connectivity index (χ2v) is 8.80. The number of hydrogen-bond donors (Lipinski definition) is 1. The van der Waals surface area contributed by atoms with E-state index in [1.165, 1.54) is 23.0 Å². The van der Waals surface area contributed by atoms with Crippen molar-refractivity contribution in [2.24, 2.45) is 4.99 Å². The summed E-state index contributed by atoms with van der Waals surface area (Å²) in [7, 11) is 1.53. The molecule has 0 radical (unpaired) electrons. The van der Waals surface area contributed by atoms with Gasteiger partial charge in [-0.15, -0.1) is 0 Å². The van der Waals surface area contributed by atoms with Crippen LogP contribution in [0.1, 0.15) is 31.0 Å². The highest BCUT2D eigenvalue weighted by molar-refractivity contribution is 7.07. The van der Waals surface area contributed by atoms with Gasteiger partial charge in [0, 0.05) is 5.56 Å². The predicted octanol–water partition coefficient (Wildman–Crippen LogP) is 2.27. The molecule has 186 valence electrons. The Morgan fingerprint density at radius 1 is 1.17 bits per heavy atom. The second kappa shape index (κ2) is 10.6. The first-order valence-corrected chi connectivity index (χ1v) is 11.9. The van der Waals surface area contributed by atoms with Gasteiger partial charge in [-0.2, -0.15) is 0 Å². The lowest BCUT2D eigenvalue weighted by molar-refractivity contribution is -0.140. The van der Waals surface area contributed by atoms with Gasteiger partial charge in [0.25, 0.3) is 5.56 Å². The van der Waals surface area contributed by atoms with E-state index in [-0.39, 0.29) is 17.7 Å². The van der Waals surface area contributed by atoms with Crippen LogP contribution in [0, 0.1) is 0 Å². The maximum absolute atomic E-state index is 13.7. The number of carbonyl (C=O) groups is 2. The van der Waals surface area contributed by atoms with Crippen LogP contribution in [0.15, 0.2) is 69.6 Å². The van der Waals surface area contributed by atoms with Gasteiger partial charge in [-0.05, 0) is 43.7 Å². The summed E-state index contributed by atoms with van der Waals surface area (Å²) in [6, 6.07) is 13.2. The number of rotatable bonds is 8. The number of carbonyl (C=O) groups excluding carboxylic acids is 1. The normalized spacial score (nSPS) is 15.2. The van der Waals surface area contributed by atoms with Crippen molar-refractivity contribution in [3.63, 3.8) is 0 Å². The molecule has 0 saturated carbocycles. The van der Waals surface area contributed by atoms with Crippen molar-refractivity contribution in [3.05, 3.63) is 90.6 Å². The highest BCUT2D eigenvalue weighted by Crippen LogP contribution is 2.35. The zero-order chi connectivity index (χ0) is 25.8. The van der Waals surface area contributed by atoms with Crippen molar-refractivity contribution in [1.82, 2.24) is 4.57 Å². The van der Waals surface area contributed by atoms with Crippen LogP contribution in [0.2, 0.25) is 0 Å². The Balaban J connectivity index is 1.85. The van der Waals surface area contributed by atoms with Gasteiger partial charge in [0.1, 0.15) is 17.5 Å². The van der Waals surface area contributed by atoms with Gasteiger partial charge >= 0.3 is 11.9 Å². The third-order valence-corrected chi connectivity index (χ3v) is 6.47. The molecule has 0 spiro atoms. The molecule has 0 saturated heterocycles. The number of esters is 1. The molecular weight excluding hydrogens is 484 g/mol. The van der Waals surface area contributed by atoms with E-state index in [0.29, 0.717) is 32.1 Å². The Morgan fingerprint density at radius 3 is 2.56 bits per heavy atom. The zero-order valence-corrected chi connectivity index (χ0v) is 20.7. The van der Waals surface area contributed by atoms with Crippen molar-refractivity contribution < 1.29 is 28.9 Å². The summed E-state index contributed by atoms with van der Waals surface area (Å²) in [5.41, 5.74) is 1.80. The standard InChI is InChI=1S/C26H24N2O7S/c1-4-34-25(32)22-15(2)27-26-28(23(22)18-7-5-6-8-19(18)33-3)24(31)20(36-26)13-16-9-11-17(12-10-16)35-14-21(29)30/h5-13,23H,4,14H2,1-3H3,(H,29,30). The Hall–Kier alpha value is -4.18. The molecule has 1 aliphatic heterocycles. The third kappa shape index (κ3) is 4.94. The number of allylic oxidation sites excluding steroid dienone is 1.